The van der Waals surface area contributed by atoms with Gasteiger partial charge in [-0.15, -0.1) is 0 Å². The molecule has 0 radical (unpaired) electrons. The summed E-state index contributed by atoms with van der Waals surface area (Å²) in [5.74, 6) is 0.128. The van der Waals surface area contributed by atoms with Crippen LogP contribution < -0.4 is 5.32 Å². The first-order valence-electron chi connectivity index (χ1n) is 5.40. The molecule has 1 aliphatic heterocycles. The third-order valence-electron chi connectivity index (χ3n) is 2.97. The predicted molar refractivity (Wildman–Crippen MR) is 56.4 cm³/mol. The van der Waals surface area contributed by atoms with Crippen LogP contribution in [0.1, 0.15) is 29.9 Å². The Kier molecular flexibility index (Phi) is 3.09. The first-order chi connectivity index (χ1) is 7.97. The lowest BCUT2D eigenvalue weighted by molar-refractivity contribution is -0.137. The van der Waals surface area contributed by atoms with Gasteiger partial charge in [0.15, 0.2) is 0 Å². The van der Waals surface area contributed by atoms with E-state index in [4.69, 9.17) is 0 Å². The van der Waals surface area contributed by atoms with Crippen molar-refractivity contribution in [3.63, 3.8) is 0 Å². The molecule has 0 unspecified atom stereocenters. The highest BCUT2D eigenvalue weighted by atomic mass is 19.4. The highest BCUT2D eigenvalue weighted by Gasteiger charge is 2.30. The molecule has 1 amide bonds. The number of rotatable bonds is 1. The fourth-order valence-corrected chi connectivity index (χ4v) is 1.96. The number of alkyl halides is 3. The third kappa shape index (κ3) is 2.78. The van der Waals surface area contributed by atoms with E-state index in [1.54, 1.807) is 0 Å². The van der Waals surface area contributed by atoms with Crippen LogP contribution in [0.3, 0.4) is 0 Å². The van der Waals surface area contributed by atoms with Gasteiger partial charge < -0.3 is 5.32 Å². The molecule has 1 aromatic rings. The van der Waals surface area contributed by atoms with Crippen molar-refractivity contribution in [2.45, 2.75) is 24.9 Å². The third-order valence-corrected chi connectivity index (χ3v) is 2.97. The first kappa shape index (κ1) is 12.0. The van der Waals surface area contributed by atoms with E-state index in [9.17, 15) is 18.0 Å². The number of piperidine rings is 1. The second-order valence-electron chi connectivity index (χ2n) is 4.16. The molecule has 0 aliphatic carbocycles. The quantitative estimate of drug-likeness (QED) is 0.807. The van der Waals surface area contributed by atoms with Crippen LogP contribution in [0.5, 0.6) is 0 Å². The smallest absolute Gasteiger partial charge is 0.355 e. The van der Waals surface area contributed by atoms with Gasteiger partial charge in [-0.2, -0.15) is 13.2 Å². The number of nitrogens with one attached hydrogen (secondary N) is 1. The molecule has 2 rings (SSSR count). The van der Waals surface area contributed by atoms with E-state index >= 15 is 0 Å². The summed E-state index contributed by atoms with van der Waals surface area (Å²) in [5, 5.41) is 2.71. The Morgan fingerprint density at radius 3 is 2.29 bits per heavy atom. The summed E-state index contributed by atoms with van der Waals surface area (Å²) < 4.78 is 37.1. The highest BCUT2D eigenvalue weighted by molar-refractivity contribution is 5.76. The minimum absolute atomic E-state index is 0.00756. The lowest BCUT2D eigenvalue weighted by Gasteiger charge is -2.23. The van der Waals surface area contributed by atoms with E-state index in [0.717, 1.165) is 17.7 Å². The van der Waals surface area contributed by atoms with Gasteiger partial charge in [0.1, 0.15) is 0 Å². The minimum atomic E-state index is -4.29. The van der Waals surface area contributed by atoms with Crippen molar-refractivity contribution >= 4 is 5.91 Å². The number of hydrogen-bond acceptors (Lipinski definition) is 1. The molecular formula is C12H12F3NO. The summed E-state index contributed by atoms with van der Waals surface area (Å²) in [7, 11) is 0. The van der Waals surface area contributed by atoms with Gasteiger partial charge in [-0.25, -0.2) is 0 Å². The first-order valence-corrected chi connectivity index (χ1v) is 5.40. The van der Waals surface area contributed by atoms with Crippen molar-refractivity contribution in [1.82, 2.24) is 5.32 Å². The van der Waals surface area contributed by atoms with E-state index in [0.29, 0.717) is 19.4 Å². The molecule has 1 atom stereocenters. The Labute approximate surface area is 96.8 Å². The zero-order valence-electron chi connectivity index (χ0n) is 9.05. The molecule has 1 saturated heterocycles. The molecule has 92 valence electrons. The van der Waals surface area contributed by atoms with Crippen LogP contribution in [0.25, 0.3) is 0 Å². The van der Waals surface area contributed by atoms with Crippen molar-refractivity contribution in [2.24, 2.45) is 0 Å². The van der Waals surface area contributed by atoms with Crippen LogP contribution in [0.4, 0.5) is 13.2 Å². The van der Waals surface area contributed by atoms with E-state index in [-0.39, 0.29) is 11.8 Å². The van der Waals surface area contributed by atoms with E-state index in [2.05, 4.69) is 5.32 Å². The van der Waals surface area contributed by atoms with Gasteiger partial charge in [-0.1, -0.05) is 12.1 Å². The molecular weight excluding hydrogens is 231 g/mol. The normalized spacial score (nSPS) is 21.1. The van der Waals surface area contributed by atoms with Crippen LogP contribution in [0, 0.1) is 0 Å². The van der Waals surface area contributed by atoms with Gasteiger partial charge in [0.05, 0.1) is 5.56 Å². The SMILES string of the molecule is O=C1CC[C@@H](c2ccc(C(F)(F)F)cc2)CN1. The number of hydrogen-bond donors (Lipinski definition) is 1. The van der Waals surface area contributed by atoms with E-state index < -0.39 is 11.7 Å². The van der Waals surface area contributed by atoms with E-state index in [1.807, 2.05) is 0 Å². The number of benzene rings is 1. The maximum atomic E-state index is 12.4. The van der Waals surface area contributed by atoms with Gasteiger partial charge in [-0.3, -0.25) is 4.79 Å². The van der Waals surface area contributed by atoms with Gasteiger partial charge in [-0.05, 0) is 24.1 Å². The number of halogens is 3. The maximum absolute atomic E-state index is 12.4. The van der Waals surface area contributed by atoms with Gasteiger partial charge in [0.2, 0.25) is 5.91 Å². The maximum Gasteiger partial charge on any atom is 0.416 e. The fourth-order valence-electron chi connectivity index (χ4n) is 1.96. The molecule has 1 N–H and O–H groups in total. The van der Waals surface area contributed by atoms with Crippen molar-refractivity contribution in [1.29, 1.82) is 0 Å². The molecule has 5 heteroatoms. The topological polar surface area (TPSA) is 29.1 Å². The molecule has 0 spiro atoms. The Morgan fingerprint density at radius 1 is 1.18 bits per heavy atom. The van der Waals surface area contributed by atoms with Gasteiger partial charge in [0, 0.05) is 18.9 Å². The monoisotopic (exact) mass is 243 g/mol. The lowest BCUT2D eigenvalue weighted by Crippen LogP contribution is -2.33. The molecule has 1 aliphatic rings. The molecule has 1 fully saturated rings. The zero-order chi connectivity index (χ0) is 12.5. The largest absolute Gasteiger partial charge is 0.416 e. The number of carbonyl (C=O) groups excluding carboxylic acids is 1. The van der Waals surface area contributed by atoms with Crippen LogP contribution in [0.15, 0.2) is 24.3 Å². The van der Waals surface area contributed by atoms with Crippen LogP contribution in [-0.2, 0) is 11.0 Å². The summed E-state index contributed by atoms with van der Waals surface area (Å²) in [6, 6.07) is 5.16. The molecule has 17 heavy (non-hydrogen) atoms. The standard InChI is InChI=1S/C12H12F3NO/c13-12(14,15)10-4-1-8(2-5-10)9-3-6-11(17)16-7-9/h1-2,4-5,9H,3,6-7H2,(H,16,17)/t9-/m1/s1. The molecule has 1 aromatic carbocycles. The average molecular weight is 243 g/mol. The molecule has 0 aromatic heterocycles. The van der Waals surface area contributed by atoms with Gasteiger partial charge in [0.25, 0.3) is 0 Å². The molecule has 1 heterocycles. The number of amides is 1. The second kappa shape index (κ2) is 4.39. The van der Waals surface area contributed by atoms with Crippen molar-refractivity contribution in [3.05, 3.63) is 35.4 Å². The zero-order valence-corrected chi connectivity index (χ0v) is 9.05. The van der Waals surface area contributed by atoms with Crippen LogP contribution in [-0.4, -0.2) is 12.5 Å². The average Bonchev–Trinajstić information content (AvgIpc) is 2.29. The fraction of sp³-hybridized carbons (Fsp3) is 0.417. The second-order valence-corrected chi connectivity index (χ2v) is 4.16. The van der Waals surface area contributed by atoms with Crippen molar-refractivity contribution < 1.29 is 18.0 Å². The highest BCUT2D eigenvalue weighted by Crippen LogP contribution is 2.31. The molecule has 2 nitrogen and oxygen atoms in total. The van der Waals surface area contributed by atoms with Crippen molar-refractivity contribution in [3.8, 4) is 0 Å². The Morgan fingerprint density at radius 2 is 1.82 bits per heavy atom. The van der Waals surface area contributed by atoms with Crippen LogP contribution in [0.2, 0.25) is 0 Å². The summed E-state index contributed by atoms with van der Waals surface area (Å²) >= 11 is 0. The molecule has 0 bridgehead atoms. The Hall–Kier alpha value is -1.52. The Bertz CT molecular complexity index is 401. The summed E-state index contributed by atoms with van der Waals surface area (Å²) in [6.07, 6.45) is -3.16. The summed E-state index contributed by atoms with van der Waals surface area (Å²) in [4.78, 5) is 11.0. The Balaban J connectivity index is 2.10. The summed E-state index contributed by atoms with van der Waals surface area (Å²) in [6.45, 7) is 0.504. The van der Waals surface area contributed by atoms with Crippen molar-refractivity contribution in [2.75, 3.05) is 6.54 Å². The minimum Gasteiger partial charge on any atom is -0.355 e. The van der Waals surface area contributed by atoms with E-state index in [1.165, 1.54) is 12.1 Å². The molecule has 0 saturated carbocycles. The summed E-state index contributed by atoms with van der Waals surface area (Å²) in [5.41, 5.74) is 0.207. The predicted octanol–water partition coefficient (Wildman–Crippen LogP) is 2.70. The van der Waals surface area contributed by atoms with Crippen LogP contribution >= 0.6 is 0 Å². The lowest BCUT2D eigenvalue weighted by atomic mass is 9.91. The van der Waals surface area contributed by atoms with Gasteiger partial charge >= 0.3 is 6.18 Å². The number of carbonyl (C=O) groups is 1.